The lowest BCUT2D eigenvalue weighted by Gasteiger charge is -2.35. The summed E-state index contributed by atoms with van der Waals surface area (Å²) in [7, 11) is 0. The number of nitrogens with zero attached hydrogens (tertiary/aromatic N) is 2. The van der Waals surface area contributed by atoms with Crippen LogP contribution < -0.4 is 5.32 Å². The summed E-state index contributed by atoms with van der Waals surface area (Å²) >= 11 is 0. The fourth-order valence-corrected chi connectivity index (χ4v) is 3.96. The molecule has 5 heteroatoms. The molecule has 2 heterocycles. The summed E-state index contributed by atoms with van der Waals surface area (Å²) in [6.07, 6.45) is 2.86. The van der Waals surface area contributed by atoms with E-state index in [9.17, 15) is 4.79 Å². The molecule has 1 amide bonds. The number of ether oxygens (including phenoxy) is 1. The van der Waals surface area contributed by atoms with Crippen molar-refractivity contribution in [3.8, 4) is 0 Å². The fourth-order valence-electron chi connectivity index (χ4n) is 3.96. The SMILES string of the molecule is CC(CN1CCOCC1)N(Cc1ccccc1)C(=O)CCC1CCNC1. The Bertz CT molecular complexity index is 539. The predicted molar refractivity (Wildman–Crippen MR) is 104 cm³/mol. The molecule has 5 nitrogen and oxygen atoms in total. The second-order valence-electron chi connectivity index (χ2n) is 7.67. The van der Waals surface area contributed by atoms with E-state index in [2.05, 4.69) is 46.3 Å². The molecule has 0 spiro atoms. The van der Waals surface area contributed by atoms with Crippen molar-refractivity contribution in [1.29, 1.82) is 0 Å². The molecule has 2 aliphatic rings. The molecule has 2 atom stereocenters. The van der Waals surface area contributed by atoms with Gasteiger partial charge in [-0.1, -0.05) is 30.3 Å². The molecule has 1 aromatic carbocycles. The lowest BCUT2D eigenvalue weighted by Crippen LogP contribution is -2.48. The molecular weight excluding hydrogens is 326 g/mol. The molecule has 0 saturated carbocycles. The number of benzene rings is 1. The fraction of sp³-hybridized carbons (Fsp3) is 0.667. The summed E-state index contributed by atoms with van der Waals surface area (Å²) in [5.41, 5.74) is 1.21. The summed E-state index contributed by atoms with van der Waals surface area (Å²) < 4.78 is 5.45. The summed E-state index contributed by atoms with van der Waals surface area (Å²) in [4.78, 5) is 17.6. The highest BCUT2D eigenvalue weighted by Gasteiger charge is 2.24. The van der Waals surface area contributed by atoms with E-state index < -0.39 is 0 Å². The first-order valence-corrected chi connectivity index (χ1v) is 10.1. The van der Waals surface area contributed by atoms with E-state index in [1.54, 1.807) is 0 Å². The van der Waals surface area contributed by atoms with Crippen LogP contribution in [0.4, 0.5) is 0 Å². The van der Waals surface area contributed by atoms with Gasteiger partial charge in [0.1, 0.15) is 0 Å². The summed E-state index contributed by atoms with van der Waals surface area (Å²) in [5.74, 6) is 0.952. The van der Waals surface area contributed by atoms with Gasteiger partial charge in [0.15, 0.2) is 0 Å². The molecule has 2 unspecified atom stereocenters. The van der Waals surface area contributed by atoms with Gasteiger partial charge in [-0.05, 0) is 44.3 Å². The maximum absolute atomic E-state index is 13.0. The number of amides is 1. The monoisotopic (exact) mass is 359 g/mol. The van der Waals surface area contributed by atoms with E-state index in [4.69, 9.17) is 4.74 Å². The van der Waals surface area contributed by atoms with Gasteiger partial charge in [0, 0.05) is 38.6 Å². The van der Waals surface area contributed by atoms with Crippen LogP contribution in [0.15, 0.2) is 30.3 Å². The van der Waals surface area contributed by atoms with Crippen LogP contribution in [0.1, 0.15) is 31.7 Å². The van der Waals surface area contributed by atoms with Crippen LogP contribution in [-0.4, -0.2) is 67.7 Å². The first-order valence-electron chi connectivity index (χ1n) is 10.1. The van der Waals surface area contributed by atoms with E-state index in [1.807, 2.05) is 6.07 Å². The standard InChI is InChI=1S/C21H33N3O2/c1-18(16-23-11-13-26-14-12-23)24(17-20-5-3-2-4-6-20)21(25)8-7-19-9-10-22-15-19/h2-6,18-19,22H,7-17H2,1H3. The molecule has 2 saturated heterocycles. The smallest absolute Gasteiger partial charge is 0.223 e. The Morgan fingerprint density at radius 1 is 1.31 bits per heavy atom. The normalized spacial score (nSPS) is 22.3. The van der Waals surface area contributed by atoms with E-state index in [0.717, 1.165) is 52.4 Å². The van der Waals surface area contributed by atoms with Gasteiger partial charge >= 0.3 is 0 Å². The van der Waals surface area contributed by atoms with Crippen molar-refractivity contribution in [2.75, 3.05) is 45.9 Å². The second-order valence-corrected chi connectivity index (χ2v) is 7.67. The number of morpholine rings is 1. The third kappa shape index (κ3) is 5.79. The largest absolute Gasteiger partial charge is 0.379 e. The highest BCUT2D eigenvalue weighted by molar-refractivity contribution is 5.76. The lowest BCUT2D eigenvalue weighted by atomic mass is 10.0. The van der Waals surface area contributed by atoms with Gasteiger partial charge < -0.3 is 15.0 Å². The molecule has 2 aliphatic heterocycles. The molecule has 0 aromatic heterocycles. The molecule has 144 valence electrons. The van der Waals surface area contributed by atoms with Crippen LogP contribution in [0.25, 0.3) is 0 Å². The minimum Gasteiger partial charge on any atom is -0.379 e. The number of carbonyl (C=O) groups is 1. The van der Waals surface area contributed by atoms with Crippen LogP contribution in [0.2, 0.25) is 0 Å². The highest BCUT2D eigenvalue weighted by Crippen LogP contribution is 2.18. The summed E-state index contributed by atoms with van der Waals surface area (Å²) in [6.45, 7) is 9.50. The summed E-state index contributed by atoms with van der Waals surface area (Å²) in [5, 5.41) is 3.40. The van der Waals surface area contributed by atoms with Gasteiger partial charge in [-0.2, -0.15) is 0 Å². The Kier molecular flexibility index (Phi) is 7.47. The molecule has 1 aromatic rings. The quantitative estimate of drug-likeness (QED) is 0.772. The molecule has 0 radical (unpaired) electrons. The van der Waals surface area contributed by atoms with Crippen LogP contribution in [0.5, 0.6) is 0 Å². The number of nitrogens with one attached hydrogen (secondary N) is 1. The molecule has 26 heavy (non-hydrogen) atoms. The number of rotatable bonds is 8. The van der Waals surface area contributed by atoms with Gasteiger partial charge in [0.25, 0.3) is 0 Å². The topological polar surface area (TPSA) is 44.8 Å². The Morgan fingerprint density at radius 3 is 2.77 bits per heavy atom. The maximum Gasteiger partial charge on any atom is 0.223 e. The van der Waals surface area contributed by atoms with Crippen LogP contribution in [0, 0.1) is 5.92 Å². The van der Waals surface area contributed by atoms with E-state index in [1.165, 1.54) is 12.0 Å². The van der Waals surface area contributed by atoms with Crippen molar-refractivity contribution in [2.45, 2.75) is 38.8 Å². The minimum absolute atomic E-state index is 0.211. The van der Waals surface area contributed by atoms with Gasteiger partial charge in [-0.15, -0.1) is 0 Å². The van der Waals surface area contributed by atoms with E-state index in [-0.39, 0.29) is 6.04 Å². The summed E-state index contributed by atoms with van der Waals surface area (Å²) in [6, 6.07) is 10.6. The first-order chi connectivity index (χ1) is 12.7. The van der Waals surface area contributed by atoms with Gasteiger partial charge in [0.2, 0.25) is 5.91 Å². The van der Waals surface area contributed by atoms with Crippen molar-refractivity contribution >= 4 is 5.91 Å². The Balaban J connectivity index is 1.60. The molecule has 0 bridgehead atoms. The van der Waals surface area contributed by atoms with Crippen LogP contribution in [-0.2, 0) is 16.1 Å². The van der Waals surface area contributed by atoms with Gasteiger partial charge in [-0.25, -0.2) is 0 Å². The van der Waals surface area contributed by atoms with E-state index in [0.29, 0.717) is 24.8 Å². The lowest BCUT2D eigenvalue weighted by molar-refractivity contribution is -0.134. The van der Waals surface area contributed by atoms with Gasteiger partial charge in [-0.3, -0.25) is 9.69 Å². The van der Waals surface area contributed by atoms with E-state index >= 15 is 0 Å². The number of hydrogen-bond donors (Lipinski definition) is 1. The maximum atomic E-state index is 13.0. The highest BCUT2D eigenvalue weighted by atomic mass is 16.5. The number of hydrogen-bond acceptors (Lipinski definition) is 4. The first kappa shape index (κ1) is 19.3. The molecule has 0 aliphatic carbocycles. The third-order valence-electron chi connectivity index (χ3n) is 5.60. The average molecular weight is 360 g/mol. The Morgan fingerprint density at radius 2 is 2.08 bits per heavy atom. The second kappa shape index (κ2) is 10.0. The molecule has 2 fully saturated rings. The van der Waals surface area contributed by atoms with Crippen molar-refractivity contribution in [1.82, 2.24) is 15.1 Å². The van der Waals surface area contributed by atoms with Crippen LogP contribution >= 0.6 is 0 Å². The molecule has 3 rings (SSSR count). The Labute approximate surface area is 157 Å². The van der Waals surface area contributed by atoms with Gasteiger partial charge in [0.05, 0.1) is 13.2 Å². The zero-order valence-electron chi connectivity index (χ0n) is 16.0. The van der Waals surface area contributed by atoms with Crippen molar-refractivity contribution < 1.29 is 9.53 Å². The van der Waals surface area contributed by atoms with Crippen LogP contribution in [0.3, 0.4) is 0 Å². The number of carbonyl (C=O) groups excluding carboxylic acids is 1. The molecule has 1 N–H and O–H groups in total. The Hall–Kier alpha value is -1.43. The molecular formula is C21H33N3O2. The predicted octanol–water partition coefficient (Wildman–Crippen LogP) is 2.13. The van der Waals surface area contributed by atoms with Crippen molar-refractivity contribution in [3.63, 3.8) is 0 Å². The zero-order valence-corrected chi connectivity index (χ0v) is 16.0. The van der Waals surface area contributed by atoms with Crippen molar-refractivity contribution in [2.24, 2.45) is 5.92 Å². The minimum atomic E-state index is 0.211. The third-order valence-corrected chi connectivity index (χ3v) is 5.60. The van der Waals surface area contributed by atoms with Crippen molar-refractivity contribution in [3.05, 3.63) is 35.9 Å². The zero-order chi connectivity index (χ0) is 18.2. The average Bonchev–Trinajstić information content (AvgIpc) is 3.19.